The van der Waals surface area contributed by atoms with Crippen LogP contribution in [0.25, 0.3) is 0 Å². The van der Waals surface area contributed by atoms with Gasteiger partial charge in [-0.25, -0.2) is 8.42 Å². The van der Waals surface area contributed by atoms with E-state index in [0.29, 0.717) is 34.4 Å². The molecule has 0 spiro atoms. The van der Waals surface area contributed by atoms with Crippen LogP contribution in [0.5, 0.6) is 5.75 Å². The van der Waals surface area contributed by atoms with E-state index in [4.69, 9.17) is 27.9 Å². The van der Waals surface area contributed by atoms with Gasteiger partial charge in [-0.1, -0.05) is 66.5 Å². The summed E-state index contributed by atoms with van der Waals surface area (Å²) in [7, 11) is -4.26. The van der Waals surface area contributed by atoms with Crippen LogP contribution in [0.3, 0.4) is 0 Å². The summed E-state index contributed by atoms with van der Waals surface area (Å²) < 4.78 is 35.3. The zero-order valence-electron chi connectivity index (χ0n) is 27.9. The van der Waals surface area contributed by atoms with Gasteiger partial charge in [-0.3, -0.25) is 13.9 Å². The van der Waals surface area contributed by atoms with E-state index < -0.39 is 28.5 Å². The minimum absolute atomic E-state index is 0.0228. The lowest BCUT2D eigenvalue weighted by atomic mass is 10.0. The van der Waals surface area contributed by atoms with E-state index in [1.54, 1.807) is 54.6 Å². The number of nitrogens with zero attached hydrogens (tertiary/aromatic N) is 2. The van der Waals surface area contributed by atoms with Gasteiger partial charge in [-0.15, -0.1) is 11.8 Å². The normalized spacial score (nSPS) is 12.5. The highest BCUT2D eigenvalue weighted by molar-refractivity contribution is 7.98. The molecule has 49 heavy (non-hydrogen) atoms. The van der Waals surface area contributed by atoms with E-state index >= 15 is 0 Å². The van der Waals surface area contributed by atoms with Crippen LogP contribution < -0.4 is 14.4 Å². The standard InChI is InChI=1S/C37H41Cl2N3O5S2/c1-5-26(3)40-37(44)35(22-27-10-8-7-9-11-27)41(24-28-12-13-29(38)23-34(28)39)36(43)25-42(30-14-16-31(17-15-30)47-6-2)49(45,46)33-20-18-32(48-4)19-21-33/h7-21,23,26,35H,5-6,22,24-25H2,1-4H3,(H,40,44)/t26-,35+/m0/s1. The average Bonchev–Trinajstić information content (AvgIpc) is 3.10. The van der Waals surface area contributed by atoms with Gasteiger partial charge in [0, 0.05) is 33.9 Å². The molecule has 0 aliphatic heterocycles. The lowest BCUT2D eigenvalue weighted by Crippen LogP contribution is -2.54. The van der Waals surface area contributed by atoms with E-state index in [9.17, 15) is 18.0 Å². The highest BCUT2D eigenvalue weighted by Crippen LogP contribution is 2.29. The van der Waals surface area contributed by atoms with Gasteiger partial charge in [0.25, 0.3) is 10.0 Å². The number of rotatable bonds is 16. The van der Waals surface area contributed by atoms with Crippen LogP contribution in [0, 0.1) is 0 Å². The topological polar surface area (TPSA) is 96.0 Å². The van der Waals surface area contributed by atoms with Gasteiger partial charge in [-0.05, 0) is 98.3 Å². The molecule has 0 unspecified atom stereocenters. The largest absolute Gasteiger partial charge is 0.494 e. The Kier molecular flexibility index (Phi) is 13.8. The summed E-state index contributed by atoms with van der Waals surface area (Å²) in [5.41, 5.74) is 1.65. The van der Waals surface area contributed by atoms with Crippen molar-refractivity contribution in [2.24, 2.45) is 0 Å². The first kappa shape index (κ1) is 38.1. The molecule has 1 N–H and O–H groups in total. The first-order valence-electron chi connectivity index (χ1n) is 15.9. The van der Waals surface area contributed by atoms with Crippen LogP contribution in [0.4, 0.5) is 5.69 Å². The van der Waals surface area contributed by atoms with Crippen LogP contribution in [0.2, 0.25) is 10.0 Å². The number of benzene rings is 4. The van der Waals surface area contributed by atoms with Crippen LogP contribution in [0.1, 0.15) is 38.3 Å². The fourth-order valence-electron chi connectivity index (χ4n) is 5.11. The molecule has 2 amide bonds. The van der Waals surface area contributed by atoms with Gasteiger partial charge >= 0.3 is 0 Å². The first-order valence-corrected chi connectivity index (χ1v) is 19.4. The van der Waals surface area contributed by atoms with Crippen LogP contribution in [-0.4, -0.2) is 56.6 Å². The minimum atomic E-state index is -4.26. The minimum Gasteiger partial charge on any atom is -0.494 e. The van der Waals surface area contributed by atoms with Crippen LogP contribution in [0.15, 0.2) is 107 Å². The van der Waals surface area contributed by atoms with Crippen LogP contribution >= 0.6 is 35.0 Å². The van der Waals surface area contributed by atoms with E-state index in [1.165, 1.54) is 28.8 Å². The second kappa shape index (κ2) is 17.8. The lowest BCUT2D eigenvalue weighted by molar-refractivity contribution is -0.140. The third-order valence-electron chi connectivity index (χ3n) is 7.99. The van der Waals surface area contributed by atoms with Crippen molar-refractivity contribution in [3.8, 4) is 5.75 Å². The SMILES string of the molecule is CCOc1ccc(N(CC(=O)N(Cc2ccc(Cl)cc2Cl)[C@H](Cc2ccccc2)C(=O)N[C@@H](C)CC)S(=O)(=O)c2ccc(SC)cc2)cc1. The molecule has 0 aromatic heterocycles. The van der Waals surface area contributed by atoms with Gasteiger partial charge in [0.05, 0.1) is 17.2 Å². The average molecular weight is 743 g/mol. The summed E-state index contributed by atoms with van der Waals surface area (Å²) in [6.45, 7) is 5.48. The van der Waals surface area contributed by atoms with Gasteiger partial charge in [0.15, 0.2) is 0 Å². The molecule has 0 aliphatic carbocycles. The number of anilines is 1. The number of hydrogen-bond acceptors (Lipinski definition) is 6. The molecule has 4 aromatic carbocycles. The molecule has 0 saturated heterocycles. The van der Waals surface area contributed by atoms with Crippen LogP contribution in [-0.2, 0) is 32.6 Å². The van der Waals surface area contributed by atoms with Gasteiger partial charge < -0.3 is 15.0 Å². The van der Waals surface area contributed by atoms with E-state index in [-0.39, 0.29) is 35.5 Å². The van der Waals surface area contributed by atoms with Gasteiger partial charge in [0.2, 0.25) is 11.8 Å². The molecule has 0 bridgehead atoms. The maximum atomic E-state index is 14.7. The number of ether oxygens (including phenoxy) is 1. The predicted molar refractivity (Wildman–Crippen MR) is 199 cm³/mol. The quantitative estimate of drug-likeness (QED) is 0.118. The van der Waals surface area contributed by atoms with Crippen molar-refractivity contribution in [1.29, 1.82) is 0 Å². The molecule has 12 heteroatoms. The number of nitrogens with one attached hydrogen (secondary N) is 1. The summed E-state index contributed by atoms with van der Waals surface area (Å²) in [5.74, 6) is -0.396. The molecule has 0 heterocycles. The summed E-state index contributed by atoms with van der Waals surface area (Å²) >= 11 is 14.3. The Morgan fingerprint density at radius 2 is 1.59 bits per heavy atom. The van der Waals surface area contributed by atoms with Crippen molar-refractivity contribution in [3.05, 3.63) is 118 Å². The third-order valence-corrected chi connectivity index (χ3v) is 11.1. The Hall–Kier alpha value is -3.70. The molecule has 0 radical (unpaired) electrons. The number of carbonyl (C=O) groups is 2. The molecule has 2 atom stereocenters. The maximum absolute atomic E-state index is 14.7. The number of carbonyl (C=O) groups excluding carboxylic acids is 2. The number of hydrogen-bond donors (Lipinski definition) is 1. The Labute approximate surface area is 303 Å². The Bertz CT molecular complexity index is 1810. The molecule has 0 saturated carbocycles. The van der Waals surface area contributed by atoms with Gasteiger partial charge in [0.1, 0.15) is 18.3 Å². The fraction of sp³-hybridized carbons (Fsp3) is 0.297. The molecule has 8 nitrogen and oxygen atoms in total. The second-order valence-electron chi connectivity index (χ2n) is 11.4. The molecular formula is C37H41Cl2N3O5S2. The molecule has 4 aromatic rings. The second-order valence-corrected chi connectivity index (χ2v) is 15.0. The number of sulfonamides is 1. The highest BCUT2D eigenvalue weighted by Gasteiger charge is 2.35. The molecule has 4 rings (SSSR count). The zero-order valence-corrected chi connectivity index (χ0v) is 31.1. The monoisotopic (exact) mass is 741 g/mol. The zero-order chi connectivity index (χ0) is 35.6. The van der Waals surface area contributed by atoms with E-state index in [2.05, 4.69) is 5.32 Å². The first-order chi connectivity index (χ1) is 23.5. The highest BCUT2D eigenvalue weighted by atomic mass is 35.5. The van der Waals surface area contributed by atoms with Crippen molar-refractivity contribution >= 4 is 62.5 Å². The van der Waals surface area contributed by atoms with Gasteiger partial charge in [-0.2, -0.15) is 0 Å². The fourth-order valence-corrected chi connectivity index (χ4v) is 7.40. The Morgan fingerprint density at radius 3 is 2.18 bits per heavy atom. The molecular weight excluding hydrogens is 701 g/mol. The smallest absolute Gasteiger partial charge is 0.264 e. The van der Waals surface area contributed by atoms with Crippen molar-refractivity contribution in [3.63, 3.8) is 0 Å². The van der Waals surface area contributed by atoms with Crippen molar-refractivity contribution < 1.29 is 22.7 Å². The lowest BCUT2D eigenvalue weighted by Gasteiger charge is -2.34. The Balaban J connectivity index is 1.83. The molecule has 0 aliphatic rings. The predicted octanol–water partition coefficient (Wildman–Crippen LogP) is 7.86. The van der Waals surface area contributed by atoms with E-state index in [1.807, 2.05) is 57.4 Å². The van der Waals surface area contributed by atoms with Crippen molar-refractivity contribution in [2.75, 3.05) is 23.7 Å². The van der Waals surface area contributed by atoms with Crippen molar-refractivity contribution in [1.82, 2.24) is 10.2 Å². The Morgan fingerprint density at radius 1 is 0.918 bits per heavy atom. The number of halogens is 2. The summed E-state index contributed by atoms with van der Waals surface area (Å²) in [5, 5.41) is 3.76. The van der Waals surface area contributed by atoms with Crippen molar-refractivity contribution in [2.45, 2.75) is 62.0 Å². The van der Waals surface area contributed by atoms with E-state index in [0.717, 1.165) is 14.8 Å². The molecule has 260 valence electrons. The summed E-state index contributed by atoms with van der Waals surface area (Å²) in [4.78, 5) is 31.0. The molecule has 0 fully saturated rings. The number of thioether (sulfide) groups is 1. The maximum Gasteiger partial charge on any atom is 0.264 e. The summed E-state index contributed by atoms with van der Waals surface area (Å²) in [6, 6.07) is 26.2. The summed E-state index contributed by atoms with van der Waals surface area (Å²) in [6.07, 6.45) is 2.77. The third kappa shape index (κ3) is 10.2. The number of amides is 2.